The van der Waals surface area contributed by atoms with Crippen LogP contribution in [0.2, 0.25) is 0 Å². The van der Waals surface area contributed by atoms with Crippen molar-refractivity contribution in [3.63, 3.8) is 0 Å². The van der Waals surface area contributed by atoms with E-state index in [1.165, 1.54) is 6.20 Å². The molecule has 0 radical (unpaired) electrons. The Morgan fingerprint density at radius 1 is 1.53 bits per heavy atom. The van der Waals surface area contributed by atoms with Crippen molar-refractivity contribution in [1.82, 2.24) is 9.55 Å². The van der Waals surface area contributed by atoms with Gasteiger partial charge in [-0.15, -0.1) is 0 Å². The summed E-state index contributed by atoms with van der Waals surface area (Å²) in [5, 5.41) is 18.6. The van der Waals surface area contributed by atoms with E-state index in [0.717, 1.165) is 10.6 Å². The van der Waals surface area contributed by atoms with Crippen molar-refractivity contribution >= 4 is 0 Å². The molecule has 1 aliphatic rings. The first-order valence-electron chi connectivity index (χ1n) is 5.24. The van der Waals surface area contributed by atoms with Gasteiger partial charge in [-0.3, -0.25) is 14.3 Å². The number of hydrogen-bond acceptors (Lipinski definition) is 4. The highest BCUT2D eigenvalue weighted by molar-refractivity contribution is 5.00. The summed E-state index contributed by atoms with van der Waals surface area (Å²) in [5.41, 5.74) is -3.12. The van der Waals surface area contributed by atoms with E-state index in [1.807, 2.05) is 4.98 Å². The summed E-state index contributed by atoms with van der Waals surface area (Å²) in [7, 11) is 0. The first kappa shape index (κ1) is 12.0. The third-order valence-corrected chi connectivity index (χ3v) is 3.09. The molecule has 0 aromatic carbocycles. The van der Waals surface area contributed by atoms with Crippen molar-refractivity contribution in [3.05, 3.63) is 33.1 Å². The molecule has 7 heteroatoms. The van der Waals surface area contributed by atoms with Crippen LogP contribution in [0.1, 0.15) is 18.9 Å². The zero-order chi connectivity index (χ0) is 12.6. The topological polar surface area (TPSA) is 95.3 Å². The first-order valence-corrected chi connectivity index (χ1v) is 5.24. The number of aliphatic hydroxyl groups excluding tert-OH is 2. The molecular formula is C10H13FN2O4. The number of hydrogen-bond donors (Lipinski definition) is 3. The van der Waals surface area contributed by atoms with E-state index in [4.69, 9.17) is 5.11 Å². The molecule has 94 valence electrons. The summed E-state index contributed by atoms with van der Waals surface area (Å²) in [4.78, 5) is 24.4. The Balaban J connectivity index is 2.35. The van der Waals surface area contributed by atoms with Crippen LogP contribution >= 0.6 is 0 Å². The van der Waals surface area contributed by atoms with Crippen LogP contribution in [0.15, 0.2) is 21.9 Å². The van der Waals surface area contributed by atoms with Crippen LogP contribution < -0.4 is 11.2 Å². The van der Waals surface area contributed by atoms with Crippen LogP contribution in [0.5, 0.6) is 0 Å². The minimum Gasteiger partial charge on any atom is -0.393 e. The van der Waals surface area contributed by atoms with Gasteiger partial charge in [0.2, 0.25) is 0 Å². The number of aliphatic hydroxyl groups is 2. The third kappa shape index (κ3) is 2.16. The summed E-state index contributed by atoms with van der Waals surface area (Å²) in [6, 6.07) is 0.363. The number of aromatic amines is 1. The summed E-state index contributed by atoms with van der Waals surface area (Å²) in [6.07, 6.45) is -0.218. The molecule has 0 spiro atoms. The number of nitrogens with zero attached hydrogens (tertiary/aromatic N) is 1. The van der Waals surface area contributed by atoms with Crippen LogP contribution in [0.25, 0.3) is 0 Å². The van der Waals surface area contributed by atoms with E-state index in [9.17, 15) is 19.1 Å². The second kappa shape index (κ2) is 4.08. The quantitative estimate of drug-likeness (QED) is 0.617. The Labute approximate surface area is 95.3 Å². The van der Waals surface area contributed by atoms with E-state index >= 15 is 0 Å². The largest absolute Gasteiger partial charge is 0.393 e. The van der Waals surface area contributed by atoms with Crippen LogP contribution in [-0.2, 0) is 0 Å². The molecule has 0 aliphatic heterocycles. The van der Waals surface area contributed by atoms with Crippen molar-refractivity contribution in [2.24, 2.45) is 0 Å². The van der Waals surface area contributed by atoms with E-state index in [0.29, 0.717) is 0 Å². The van der Waals surface area contributed by atoms with Crippen molar-refractivity contribution in [2.75, 3.05) is 6.61 Å². The normalized spacial score (nSPS) is 32.9. The van der Waals surface area contributed by atoms with Crippen LogP contribution in [0.3, 0.4) is 0 Å². The predicted octanol–water partition coefficient (Wildman–Crippen LogP) is -1.07. The number of aromatic nitrogens is 2. The Hall–Kier alpha value is -1.47. The van der Waals surface area contributed by atoms with Crippen LogP contribution in [0.4, 0.5) is 4.39 Å². The van der Waals surface area contributed by atoms with Crippen LogP contribution in [0, 0.1) is 0 Å². The molecule has 6 nitrogen and oxygen atoms in total. The lowest BCUT2D eigenvalue weighted by Crippen LogP contribution is -2.34. The van der Waals surface area contributed by atoms with Gasteiger partial charge in [-0.1, -0.05) is 0 Å². The smallest absolute Gasteiger partial charge is 0.328 e. The lowest BCUT2D eigenvalue weighted by atomic mass is 10.1. The molecule has 1 aliphatic carbocycles. The molecule has 1 aromatic heterocycles. The monoisotopic (exact) mass is 244 g/mol. The van der Waals surface area contributed by atoms with Gasteiger partial charge in [-0.05, 0) is 0 Å². The number of rotatable bonds is 2. The fraction of sp³-hybridized carbons (Fsp3) is 0.600. The van der Waals surface area contributed by atoms with Crippen molar-refractivity contribution in [2.45, 2.75) is 30.7 Å². The molecule has 3 atom stereocenters. The van der Waals surface area contributed by atoms with Gasteiger partial charge in [-0.25, -0.2) is 9.18 Å². The number of alkyl halides is 1. The molecule has 0 bridgehead atoms. The average Bonchev–Trinajstić information content (AvgIpc) is 2.55. The Morgan fingerprint density at radius 2 is 2.24 bits per heavy atom. The maximum atomic E-state index is 13.8. The second-order valence-electron chi connectivity index (χ2n) is 4.37. The van der Waals surface area contributed by atoms with E-state index in [-0.39, 0.29) is 12.8 Å². The lowest BCUT2D eigenvalue weighted by Gasteiger charge is -2.17. The standard InChI is InChI=1S/C10H13FN2O4/c11-10(5-14)3-6(7(15)4-10)13-2-1-8(16)12-9(13)17/h1-2,6-7,14-15H,3-5H2,(H,12,16,17). The Kier molecular flexibility index (Phi) is 2.88. The third-order valence-electron chi connectivity index (χ3n) is 3.09. The summed E-state index contributed by atoms with van der Waals surface area (Å²) in [6.45, 7) is -0.696. The molecule has 0 amide bonds. The van der Waals surface area contributed by atoms with Gasteiger partial charge in [-0.2, -0.15) is 0 Å². The van der Waals surface area contributed by atoms with Gasteiger partial charge in [0.25, 0.3) is 5.56 Å². The van der Waals surface area contributed by atoms with Gasteiger partial charge in [0.05, 0.1) is 18.8 Å². The minimum atomic E-state index is -1.88. The lowest BCUT2D eigenvalue weighted by molar-refractivity contribution is 0.0606. The average molecular weight is 244 g/mol. The number of nitrogens with one attached hydrogen (secondary N) is 1. The molecule has 3 N–H and O–H groups in total. The Bertz CT molecular complexity index is 526. The van der Waals surface area contributed by atoms with E-state index in [2.05, 4.69) is 0 Å². The van der Waals surface area contributed by atoms with Gasteiger partial charge in [0.15, 0.2) is 0 Å². The maximum Gasteiger partial charge on any atom is 0.328 e. The summed E-state index contributed by atoms with van der Waals surface area (Å²) >= 11 is 0. The molecule has 2 rings (SSSR count). The maximum absolute atomic E-state index is 13.8. The summed E-state index contributed by atoms with van der Waals surface area (Å²) in [5.74, 6) is 0. The molecule has 0 saturated heterocycles. The SMILES string of the molecule is O=c1ccn(C2CC(F)(CO)CC2O)c(=O)[nH]1. The molecule has 1 aromatic rings. The van der Waals surface area contributed by atoms with Gasteiger partial charge in [0, 0.05) is 25.1 Å². The minimum absolute atomic E-state index is 0.156. The fourth-order valence-corrected chi connectivity index (χ4v) is 2.21. The molecule has 3 unspecified atom stereocenters. The molecule has 1 fully saturated rings. The molecule has 1 saturated carbocycles. The highest BCUT2D eigenvalue weighted by Gasteiger charge is 2.46. The molecular weight excluding hydrogens is 231 g/mol. The van der Waals surface area contributed by atoms with E-state index in [1.54, 1.807) is 0 Å². The second-order valence-corrected chi connectivity index (χ2v) is 4.37. The zero-order valence-electron chi connectivity index (χ0n) is 8.97. The zero-order valence-corrected chi connectivity index (χ0v) is 8.97. The van der Waals surface area contributed by atoms with E-state index < -0.39 is 35.7 Å². The van der Waals surface area contributed by atoms with Gasteiger partial charge < -0.3 is 10.2 Å². The Morgan fingerprint density at radius 3 is 2.76 bits per heavy atom. The number of H-pyrrole nitrogens is 1. The first-order chi connectivity index (χ1) is 7.95. The van der Waals surface area contributed by atoms with Crippen molar-refractivity contribution < 1.29 is 14.6 Å². The van der Waals surface area contributed by atoms with Gasteiger partial charge >= 0.3 is 5.69 Å². The molecule has 1 heterocycles. The van der Waals surface area contributed by atoms with Crippen molar-refractivity contribution in [1.29, 1.82) is 0 Å². The van der Waals surface area contributed by atoms with Gasteiger partial charge in [0.1, 0.15) is 5.67 Å². The van der Waals surface area contributed by atoms with Crippen molar-refractivity contribution in [3.8, 4) is 0 Å². The highest BCUT2D eigenvalue weighted by Crippen LogP contribution is 2.39. The van der Waals surface area contributed by atoms with Crippen LogP contribution in [-0.4, -0.2) is 38.1 Å². The summed E-state index contributed by atoms with van der Waals surface area (Å²) < 4.78 is 14.9. The predicted molar refractivity (Wildman–Crippen MR) is 56.5 cm³/mol. The fourth-order valence-electron chi connectivity index (χ4n) is 2.21. The highest BCUT2D eigenvalue weighted by atomic mass is 19.1. The molecule has 17 heavy (non-hydrogen) atoms. The number of halogens is 1.